The van der Waals surface area contributed by atoms with Crippen LogP contribution >= 0.6 is 11.6 Å². The molecule has 0 aromatic heterocycles. The molecule has 5 nitrogen and oxygen atoms in total. The molecule has 3 rings (SSSR count). The molecule has 0 radical (unpaired) electrons. The zero-order chi connectivity index (χ0) is 18.0. The molecule has 0 bridgehead atoms. The highest BCUT2D eigenvalue weighted by Gasteiger charge is 2.22. The van der Waals surface area contributed by atoms with E-state index in [4.69, 9.17) is 16.3 Å². The molecule has 2 aromatic rings. The van der Waals surface area contributed by atoms with Gasteiger partial charge in [-0.3, -0.25) is 0 Å². The quantitative estimate of drug-likeness (QED) is 0.837. The van der Waals surface area contributed by atoms with E-state index in [9.17, 15) is 8.42 Å². The molecule has 0 spiro atoms. The zero-order valence-corrected chi connectivity index (χ0v) is 15.8. The van der Waals surface area contributed by atoms with E-state index >= 15 is 0 Å². The second-order valence-corrected chi connectivity index (χ2v) is 8.46. The second-order valence-electron chi connectivity index (χ2n) is 6.25. The van der Waals surface area contributed by atoms with Gasteiger partial charge in [0.2, 0.25) is 10.0 Å². The normalized spacial score (nSPS) is 15.0. The Morgan fingerprint density at radius 1 is 1.24 bits per heavy atom. The molecule has 0 fully saturated rings. The minimum Gasteiger partial charge on any atom is -0.493 e. The summed E-state index contributed by atoms with van der Waals surface area (Å²) in [7, 11) is 0.249. The number of hydrogen-bond acceptors (Lipinski definition) is 4. The maximum Gasteiger partial charge on any atom is 0.240 e. The number of fused-ring (bicyclic) bond motifs is 1. The number of halogens is 1. The number of nitrogens with zero attached hydrogens (tertiary/aromatic N) is 1. The van der Waals surface area contributed by atoms with Gasteiger partial charge in [-0.25, -0.2) is 13.1 Å². The van der Waals surface area contributed by atoms with Crippen LogP contribution in [0.3, 0.4) is 0 Å². The van der Waals surface area contributed by atoms with Crippen LogP contribution in [0, 0.1) is 0 Å². The highest BCUT2D eigenvalue weighted by atomic mass is 35.5. The number of ether oxygens (including phenoxy) is 1. The largest absolute Gasteiger partial charge is 0.493 e. The minimum atomic E-state index is -3.62. The lowest BCUT2D eigenvalue weighted by Crippen LogP contribution is -2.34. The van der Waals surface area contributed by atoms with Crippen molar-refractivity contribution in [3.8, 4) is 5.75 Å². The average Bonchev–Trinajstić information content (AvgIpc) is 3.02. The third-order valence-corrected chi connectivity index (χ3v) is 5.95. The van der Waals surface area contributed by atoms with Gasteiger partial charge in [-0.1, -0.05) is 29.8 Å². The molecule has 0 amide bonds. The lowest BCUT2D eigenvalue weighted by atomic mass is 10.0. The zero-order valence-electron chi connectivity index (χ0n) is 14.2. The van der Waals surface area contributed by atoms with Crippen LogP contribution in [0.15, 0.2) is 47.4 Å². The van der Waals surface area contributed by atoms with Gasteiger partial charge in [-0.15, -0.1) is 0 Å². The summed E-state index contributed by atoms with van der Waals surface area (Å²) in [6.07, 6.45) is 0.886. The van der Waals surface area contributed by atoms with E-state index in [1.54, 1.807) is 12.1 Å². The number of likely N-dealkylation sites (N-methyl/N-ethyl adjacent to an activating group) is 1. The van der Waals surface area contributed by atoms with Crippen molar-refractivity contribution in [2.24, 2.45) is 0 Å². The van der Waals surface area contributed by atoms with Crippen LogP contribution in [0.25, 0.3) is 0 Å². The van der Waals surface area contributed by atoms with Crippen molar-refractivity contribution in [1.29, 1.82) is 0 Å². The number of hydrogen-bond donors (Lipinski definition) is 1. The van der Waals surface area contributed by atoms with Crippen LogP contribution in [-0.4, -0.2) is 40.6 Å². The molecule has 0 saturated carbocycles. The van der Waals surface area contributed by atoms with Crippen molar-refractivity contribution < 1.29 is 13.2 Å². The van der Waals surface area contributed by atoms with E-state index in [2.05, 4.69) is 10.8 Å². The van der Waals surface area contributed by atoms with E-state index in [1.807, 2.05) is 31.1 Å². The molecule has 1 N–H and O–H groups in total. The first kappa shape index (κ1) is 18.2. The van der Waals surface area contributed by atoms with Crippen LogP contribution in [0.5, 0.6) is 5.75 Å². The fraction of sp³-hybridized carbons (Fsp3) is 0.333. The third kappa shape index (κ3) is 4.15. The lowest BCUT2D eigenvalue weighted by Gasteiger charge is -2.25. The summed E-state index contributed by atoms with van der Waals surface area (Å²) in [5.41, 5.74) is 2.23. The van der Waals surface area contributed by atoms with Crippen molar-refractivity contribution in [3.05, 3.63) is 58.6 Å². The molecule has 1 aliphatic rings. The van der Waals surface area contributed by atoms with Crippen molar-refractivity contribution >= 4 is 21.6 Å². The van der Waals surface area contributed by atoms with Gasteiger partial charge in [0.1, 0.15) is 5.75 Å². The summed E-state index contributed by atoms with van der Waals surface area (Å²) in [4.78, 5) is 2.16. The Morgan fingerprint density at radius 3 is 2.76 bits per heavy atom. The lowest BCUT2D eigenvalue weighted by molar-refractivity contribution is 0.299. The Kier molecular flexibility index (Phi) is 5.34. The van der Waals surface area contributed by atoms with Gasteiger partial charge >= 0.3 is 0 Å². The standard InChI is InChI=1S/C18H21ClN2O3S/c1-21(2)17(13-6-7-18-14(10-13)8-9-24-18)12-20-25(22,23)16-5-3-4-15(19)11-16/h3-7,10-11,17,20H,8-9,12H2,1-2H3. The Bertz CT molecular complexity index is 868. The molecular formula is C18H21ClN2O3S. The topological polar surface area (TPSA) is 58.6 Å². The first-order valence-corrected chi connectivity index (χ1v) is 9.90. The molecule has 1 heterocycles. The Morgan fingerprint density at radius 2 is 2.04 bits per heavy atom. The predicted octanol–water partition coefficient (Wildman–Crippen LogP) is 2.86. The third-order valence-electron chi connectivity index (χ3n) is 4.29. The molecule has 25 heavy (non-hydrogen) atoms. The van der Waals surface area contributed by atoms with Crippen LogP contribution < -0.4 is 9.46 Å². The van der Waals surface area contributed by atoms with Gasteiger partial charge in [0.15, 0.2) is 0 Å². The van der Waals surface area contributed by atoms with Gasteiger partial charge in [0.05, 0.1) is 11.5 Å². The molecular weight excluding hydrogens is 360 g/mol. The second kappa shape index (κ2) is 7.33. The number of sulfonamides is 1. The van der Waals surface area contributed by atoms with E-state index in [1.165, 1.54) is 17.7 Å². The van der Waals surface area contributed by atoms with Crippen LogP contribution in [0.2, 0.25) is 5.02 Å². The molecule has 2 aromatic carbocycles. The SMILES string of the molecule is CN(C)C(CNS(=O)(=O)c1cccc(Cl)c1)c1ccc2c(c1)CCO2. The van der Waals surface area contributed by atoms with Crippen molar-refractivity contribution in [2.45, 2.75) is 17.4 Å². The van der Waals surface area contributed by atoms with Gasteiger partial charge in [-0.05, 0) is 49.5 Å². The molecule has 7 heteroatoms. The number of rotatable bonds is 6. The summed E-state index contributed by atoms with van der Waals surface area (Å²) in [5, 5.41) is 0.394. The number of nitrogens with one attached hydrogen (secondary N) is 1. The van der Waals surface area contributed by atoms with Gasteiger partial charge < -0.3 is 9.64 Å². The summed E-state index contributed by atoms with van der Waals surface area (Å²) >= 11 is 5.90. The summed E-state index contributed by atoms with van der Waals surface area (Å²) in [6, 6.07) is 12.2. The van der Waals surface area contributed by atoms with Crippen LogP contribution in [-0.2, 0) is 16.4 Å². The molecule has 0 aliphatic carbocycles. The minimum absolute atomic E-state index is 0.0835. The molecule has 134 valence electrons. The first-order valence-electron chi connectivity index (χ1n) is 8.04. The summed E-state index contributed by atoms with van der Waals surface area (Å²) in [6.45, 7) is 0.967. The fourth-order valence-corrected chi connectivity index (χ4v) is 4.26. The summed E-state index contributed by atoms with van der Waals surface area (Å²) < 4.78 is 33.3. The maximum absolute atomic E-state index is 12.5. The van der Waals surface area contributed by atoms with Gasteiger partial charge in [0.25, 0.3) is 0 Å². The Labute approximate surface area is 153 Å². The van der Waals surface area contributed by atoms with Crippen molar-refractivity contribution in [2.75, 3.05) is 27.2 Å². The first-order chi connectivity index (χ1) is 11.9. The maximum atomic E-state index is 12.5. The van der Waals surface area contributed by atoms with Gasteiger partial charge in [-0.2, -0.15) is 0 Å². The van der Waals surface area contributed by atoms with E-state index in [-0.39, 0.29) is 17.5 Å². The Hall–Kier alpha value is -1.60. The smallest absolute Gasteiger partial charge is 0.240 e. The molecule has 1 atom stereocenters. The predicted molar refractivity (Wildman–Crippen MR) is 98.7 cm³/mol. The van der Waals surface area contributed by atoms with Crippen LogP contribution in [0.4, 0.5) is 0 Å². The Balaban J connectivity index is 1.79. The number of benzene rings is 2. The average molecular weight is 381 g/mol. The van der Waals surface area contributed by atoms with Crippen molar-refractivity contribution in [3.63, 3.8) is 0 Å². The van der Waals surface area contributed by atoms with Crippen molar-refractivity contribution in [1.82, 2.24) is 9.62 Å². The molecule has 1 aliphatic heterocycles. The van der Waals surface area contributed by atoms with E-state index in [0.29, 0.717) is 11.6 Å². The van der Waals surface area contributed by atoms with Gasteiger partial charge in [0, 0.05) is 24.0 Å². The van der Waals surface area contributed by atoms with E-state index in [0.717, 1.165) is 17.7 Å². The molecule has 1 unspecified atom stereocenters. The molecule has 0 saturated heterocycles. The summed E-state index contributed by atoms with van der Waals surface area (Å²) in [5.74, 6) is 0.917. The van der Waals surface area contributed by atoms with Crippen LogP contribution in [0.1, 0.15) is 17.2 Å². The highest BCUT2D eigenvalue weighted by molar-refractivity contribution is 7.89. The van der Waals surface area contributed by atoms with E-state index < -0.39 is 10.0 Å². The monoisotopic (exact) mass is 380 g/mol. The highest BCUT2D eigenvalue weighted by Crippen LogP contribution is 2.29. The fourth-order valence-electron chi connectivity index (χ4n) is 2.92.